The topological polar surface area (TPSA) is 6.48 Å². The summed E-state index contributed by atoms with van der Waals surface area (Å²) in [6.45, 7) is 5.34. The van der Waals surface area contributed by atoms with Crippen LogP contribution in [0.5, 0.6) is 0 Å². The summed E-state index contributed by atoms with van der Waals surface area (Å²) < 4.78 is 0. The first kappa shape index (κ1) is 13.7. The van der Waals surface area contributed by atoms with Crippen LogP contribution in [-0.4, -0.2) is 22.9 Å². The highest BCUT2D eigenvalue weighted by molar-refractivity contribution is 5.16. The maximum atomic E-state index is 3.39. The van der Waals surface area contributed by atoms with Crippen LogP contribution in [0.25, 0.3) is 0 Å². The molecular formula is C19H20N2. The highest BCUT2D eigenvalue weighted by atomic mass is 15.3. The SMILES string of the molecule is [C]1N(CCc2ccccc2)C=CN1CCc1ccccc1. The average molecular weight is 276 g/mol. The molecule has 0 spiro atoms. The van der Waals surface area contributed by atoms with Gasteiger partial charge in [0, 0.05) is 25.5 Å². The zero-order valence-electron chi connectivity index (χ0n) is 12.2. The Balaban J connectivity index is 1.41. The minimum atomic E-state index is 0.975. The van der Waals surface area contributed by atoms with Crippen molar-refractivity contribution >= 4 is 0 Å². The van der Waals surface area contributed by atoms with Gasteiger partial charge in [-0.1, -0.05) is 60.7 Å². The van der Waals surface area contributed by atoms with Gasteiger partial charge in [-0.15, -0.1) is 0 Å². The van der Waals surface area contributed by atoms with Crippen molar-refractivity contribution in [2.24, 2.45) is 0 Å². The third-order valence-corrected chi connectivity index (χ3v) is 3.65. The molecule has 1 heterocycles. The molecule has 0 unspecified atom stereocenters. The number of rotatable bonds is 6. The van der Waals surface area contributed by atoms with E-state index in [0.29, 0.717) is 0 Å². The summed E-state index contributed by atoms with van der Waals surface area (Å²) in [7, 11) is 0. The van der Waals surface area contributed by atoms with Crippen LogP contribution in [-0.2, 0) is 12.8 Å². The Bertz CT molecular complexity index is 511. The summed E-state index contributed by atoms with van der Waals surface area (Å²) in [6, 6.07) is 21.2. The third-order valence-electron chi connectivity index (χ3n) is 3.65. The van der Waals surface area contributed by atoms with Crippen LogP contribution in [0.2, 0.25) is 0 Å². The molecule has 2 radical (unpaired) electrons. The lowest BCUT2D eigenvalue weighted by Gasteiger charge is -2.19. The van der Waals surface area contributed by atoms with Crippen LogP contribution in [0.4, 0.5) is 0 Å². The molecule has 0 amide bonds. The molecule has 0 N–H and O–H groups in total. The molecule has 2 aromatic carbocycles. The highest BCUT2D eigenvalue weighted by Gasteiger charge is 2.13. The van der Waals surface area contributed by atoms with E-state index < -0.39 is 0 Å². The van der Waals surface area contributed by atoms with E-state index in [9.17, 15) is 0 Å². The molecule has 0 fully saturated rings. The largest absolute Gasteiger partial charge is 0.346 e. The first-order valence-corrected chi connectivity index (χ1v) is 7.46. The van der Waals surface area contributed by atoms with Gasteiger partial charge in [0.05, 0.1) is 0 Å². The van der Waals surface area contributed by atoms with Gasteiger partial charge in [-0.3, -0.25) is 0 Å². The van der Waals surface area contributed by atoms with E-state index in [4.69, 9.17) is 0 Å². The van der Waals surface area contributed by atoms with Gasteiger partial charge in [-0.05, 0) is 24.0 Å². The number of hydrogen-bond acceptors (Lipinski definition) is 2. The molecule has 0 bridgehead atoms. The van der Waals surface area contributed by atoms with E-state index in [1.165, 1.54) is 11.1 Å². The predicted octanol–water partition coefficient (Wildman–Crippen LogP) is 3.56. The molecule has 21 heavy (non-hydrogen) atoms. The van der Waals surface area contributed by atoms with Crippen molar-refractivity contribution in [2.75, 3.05) is 13.1 Å². The van der Waals surface area contributed by atoms with Gasteiger partial charge in [-0.2, -0.15) is 0 Å². The van der Waals surface area contributed by atoms with Gasteiger partial charge in [0.2, 0.25) is 6.67 Å². The minimum absolute atomic E-state index is 0.975. The predicted molar refractivity (Wildman–Crippen MR) is 86.1 cm³/mol. The fraction of sp³-hybridized carbons (Fsp3) is 0.211. The smallest absolute Gasteiger partial charge is 0.207 e. The second kappa shape index (κ2) is 6.98. The number of nitrogens with zero attached hydrogens (tertiary/aromatic N) is 2. The molecule has 2 nitrogen and oxygen atoms in total. The van der Waals surface area contributed by atoms with Crippen LogP contribution in [0.15, 0.2) is 73.1 Å². The second-order valence-corrected chi connectivity index (χ2v) is 5.26. The molecule has 0 saturated carbocycles. The molecule has 1 aliphatic heterocycles. The van der Waals surface area contributed by atoms with E-state index >= 15 is 0 Å². The van der Waals surface area contributed by atoms with Gasteiger partial charge in [0.1, 0.15) is 0 Å². The molecule has 106 valence electrons. The fourth-order valence-corrected chi connectivity index (χ4v) is 2.43. The van der Waals surface area contributed by atoms with Crippen LogP contribution < -0.4 is 0 Å². The van der Waals surface area contributed by atoms with Gasteiger partial charge >= 0.3 is 0 Å². The van der Waals surface area contributed by atoms with E-state index in [1.807, 2.05) is 0 Å². The Hall–Kier alpha value is -2.22. The summed E-state index contributed by atoms with van der Waals surface area (Å²) in [5.41, 5.74) is 2.74. The quantitative estimate of drug-likeness (QED) is 0.796. The Morgan fingerprint density at radius 1 is 0.619 bits per heavy atom. The Labute approximate surface area is 127 Å². The summed E-state index contributed by atoms with van der Waals surface area (Å²) in [5.74, 6) is 0. The molecule has 0 atom stereocenters. The van der Waals surface area contributed by atoms with Gasteiger partial charge in [-0.25, -0.2) is 0 Å². The maximum Gasteiger partial charge on any atom is 0.207 e. The van der Waals surface area contributed by atoms with Crippen LogP contribution in [0.1, 0.15) is 11.1 Å². The van der Waals surface area contributed by atoms with Crippen molar-refractivity contribution in [3.63, 3.8) is 0 Å². The van der Waals surface area contributed by atoms with Crippen molar-refractivity contribution in [1.29, 1.82) is 0 Å². The minimum Gasteiger partial charge on any atom is -0.346 e. The maximum absolute atomic E-state index is 3.39. The molecular weight excluding hydrogens is 256 g/mol. The summed E-state index contributed by atoms with van der Waals surface area (Å²) in [4.78, 5) is 4.27. The lowest BCUT2D eigenvalue weighted by Crippen LogP contribution is -2.23. The highest BCUT2D eigenvalue weighted by Crippen LogP contribution is 2.13. The molecule has 3 rings (SSSR count). The number of benzene rings is 2. The van der Waals surface area contributed by atoms with Crippen molar-refractivity contribution in [1.82, 2.24) is 9.80 Å². The van der Waals surface area contributed by atoms with Crippen molar-refractivity contribution in [3.05, 3.63) is 90.9 Å². The normalized spacial score (nSPS) is 13.9. The fourth-order valence-electron chi connectivity index (χ4n) is 2.43. The summed E-state index contributed by atoms with van der Waals surface area (Å²) in [6.07, 6.45) is 6.30. The first-order valence-electron chi connectivity index (χ1n) is 7.46. The van der Waals surface area contributed by atoms with Gasteiger partial charge in [0.15, 0.2) is 0 Å². The second-order valence-electron chi connectivity index (χ2n) is 5.26. The zero-order chi connectivity index (χ0) is 14.3. The van der Waals surface area contributed by atoms with E-state index in [-0.39, 0.29) is 0 Å². The Morgan fingerprint density at radius 2 is 1.05 bits per heavy atom. The van der Waals surface area contributed by atoms with E-state index in [1.54, 1.807) is 0 Å². The monoisotopic (exact) mass is 276 g/mol. The number of hydrogen-bond donors (Lipinski definition) is 0. The molecule has 0 aliphatic carbocycles. The van der Waals surface area contributed by atoms with Crippen molar-refractivity contribution < 1.29 is 0 Å². The Kier molecular flexibility index (Phi) is 4.57. The van der Waals surface area contributed by atoms with Crippen molar-refractivity contribution in [3.8, 4) is 0 Å². The van der Waals surface area contributed by atoms with Gasteiger partial charge < -0.3 is 9.80 Å². The van der Waals surface area contributed by atoms with Crippen LogP contribution in [0.3, 0.4) is 0 Å². The van der Waals surface area contributed by atoms with Crippen molar-refractivity contribution in [2.45, 2.75) is 12.8 Å². The van der Waals surface area contributed by atoms with E-state index in [0.717, 1.165) is 25.9 Å². The first-order chi connectivity index (χ1) is 10.4. The standard InChI is InChI=1S/C19H20N2/c1-3-7-18(8-4-1)11-13-20-15-16-21(17-20)14-12-19-9-5-2-6-10-19/h1-10,15-16H,11-14H2. The molecule has 0 aromatic heterocycles. The zero-order valence-corrected chi connectivity index (χ0v) is 12.2. The summed E-state index contributed by atoms with van der Waals surface area (Å²) in [5, 5.41) is 0. The lowest BCUT2D eigenvalue weighted by atomic mass is 10.1. The lowest BCUT2D eigenvalue weighted by molar-refractivity contribution is 0.348. The molecule has 2 heteroatoms. The third kappa shape index (κ3) is 4.12. The molecule has 2 aromatic rings. The average Bonchev–Trinajstić information content (AvgIpc) is 3.01. The van der Waals surface area contributed by atoms with Crippen LogP contribution >= 0.6 is 0 Å². The van der Waals surface area contributed by atoms with E-state index in [2.05, 4.69) is 89.5 Å². The van der Waals surface area contributed by atoms with Crippen LogP contribution in [0, 0.1) is 6.67 Å². The molecule has 0 saturated heterocycles. The summed E-state index contributed by atoms with van der Waals surface area (Å²) >= 11 is 0. The molecule has 1 aliphatic rings. The van der Waals surface area contributed by atoms with Gasteiger partial charge in [0.25, 0.3) is 0 Å². The Morgan fingerprint density at radius 3 is 1.48 bits per heavy atom.